The quantitative estimate of drug-likeness (QED) is 0.821. The highest BCUT2D eigenvalue weighted by atomic mass is 32.2. The molecule has 0 amide bonds. The first-order chi connectivity index (χ1) is 7.40. The summed E-state index contributed by atoms with van der Waals surface area (Å²) in [7, 11) is 0. The summed E-state index contributed by atoms with van der Waals surface area (Å²) in [4.78, 5) is 15.2. The third-order valence-corrected chi connectivity index (χ3v) is 3.71. The highest BCUT2D eigenvalue weighted by Crippen LogP contribution is 2.27. The number of thioether (sulfide) groups is 1. The van der Waals surface area contributed by atoms with E-state index in [1.807, 2.05) is 32.9 Å². The molecule has 0 saturated heterocycles. The van der Waals surface area contributed by atoms with Crippen LogP contribution >= 0.6 is 11.8 Å². The molecule has 1 N–H and O–H groups in total. The molecular weight excluding hydrogens is 222 g/mol. The summed E-state index contributed by atoms with van der Waals surface area (Å²) in [5, 5.41) is 9.83. The number of carbonyl (C=O) groups is 1. The summed E-state index contributed by atoms with van der Waals surface area (Å²) in [5.74, 6) is -1.13. The van der Waals surface area contributed by atoms with Gasteiger partial charge in [-0.1, -0.05) is 13.8 Å². The van der Waals surface area contributed by atoms with Crippen molar-refractivity contribution in [3.8, 4) is 0 Å². The average molecular weight is 239 g/mol. The van der Waals surface area contributed by atoms with Gasteiger partial charge in [-0.25, -0.2) is 4.98 Å². The monoisotopic (exact) mass is 239 g/mol. The van der Waals surface area contributed by atoms with Crippen LogP contribution in [0.4, 0.5) is 0 Å². The summed E-state index contributed by atoms with van der Waals surface area (Å²) in [6.07, 6.45) is 0. The summed E-state index contributed by atoms with van der Waals surface area (Å²) in [6.45, 7) is 7.61. The maximum Gasteiger partial charge on any atom is 0.307 e. The molecule has 1 rings (SSSR count). The lowest BCUT2D eigenvalue weighted by Gasteiger charge is -2.15. The van der Waals surface area contributed by atoms with E-state index in [1.165, 1.54) is 11.8 Å². The van der Waals surface area contributed by atoms with Crippen LogP contribution in [0.25, 0.3) is 0 Å². The Morgan fingerprint density at radius 2 is 2.00 bits per heavy atom. The maximum atomic E-state index is 10.8. The number of hydrogen-bond donors (Lipinski definition) is 1. The Balaban J connectivity index is 2.76. The SMILES string of the molecule is Cc1cc(C)nc(SC(C)C(C)C(=O)O)c1. The smallest absolute Gasteiger partial charge is 0.307 e. The molecule has 16 heavy (non-hydrogen) atoms. The van der Waals surface area contributed by atoms with Crippen molar-refractivity contribution in [1.82, 2.24) is 4.98 Å². The minimum atomic E-state index is -0.760. The van der Waals surface area contributed by atoms with Crippen molar-refractivity contribution >= 4 is 17.7 Å². The minimum absolute atomic E-state index is 0.0196. The molecule has 0 aliphatic heterocycles. The van der Waals surface area contributed by atoms with Gasteiger partial charge in [-0.15, -0.1) is 11.8 Å². The van der Waals surface area contributed by atoms with Crippen molar-refractivity contribution in [3.05, 3.63) is 23.4 Å². The molecule has 0 bridgehead atoms. The first-order valence-electron chi connectivity index (χ1n) is 5.25. The van der Waals surface area contributed by atoms with Crippen LogP contribution in [0.15, 0.2) is 17.2 Å². The predicted octanol–water partition coefficient (Wildman–Crippen LogP) is 2.90. The largest absolute Gasteiger partial charge is 0.481 e. The van der Waals surface area contributed by atoms with Crippen LogP contribution in [0.1, 0.15) is 25.1 Å². The van der Waals surface area contributed by atoms with Gasteiger partial charge in [-0.3, -0.25) is 4.79 Å². The van der Waals surface area contributed by atoms with E-state index in [9.17, 15) is 4.79 Å². The second kappa shape index (κ2) is 5.34. The van der Waals surface area contributed by atoms with Crippen LogP contribution in [-0.2, 0) is 4.79 Å². The number of rotatable bonds is 4. The van der Waals surface area contributed by atoms with E-state index < -0.39 is 5.97 Å². The van der Waals surface area contributed by atoms with E-state index in [4.69, 9.17) is 5.11 Å². The molecule has 3 nitrogen and oxygen atoms in total. The predicted molar refractivity (Wildman–Crippen MR) is 65.8 cm³/mol. The molecular formula is C12H17NO2S. The van der Waals surface area contributed by atoms with Crippen molar-refractivity contribution < 1.29 is 9.90 Å². The number of carboxylic acids is 1. The highest BCUT2D eigenvalue weighted by Gasteiger charge is 2.20. The fourth-order valence-electron chi connectivity index (χ4n) is 1.36. The van der Waals surface area contributed by atoms with Crippen LogP contribution in [-0.4, -0.2) is 21.3 Å². The molecule has 1 heterocycles. The van der Waals surface area contributed by atoms with Crippen molar-refractivity contribution in [2.24, 2.45) is 5.92 Å². The van der Waals surface area contributed by atoms with Gasteiger partial charge in [0.1, 0.15) is 0 Å². The first kappa shape index (κ1) is 13.0. The Labute approximate surface area is 100 Å². The van der Waals surface area contributed by atoms with Crippen molar-refractivity contribution in [2.75, 3.05) is 0 Å². The van der Waals surface area contributed by atoms with E-state index in [0.717, 1.165) is 16.3 Å². The van der Waals surface area contributed by atoms with Gasteiger partial charge >= 0.3 is 5.97 Å². The van der Waals surface area contributed by atoms with Crippen molar-refractivity contribution in [2.45, 2.75) is 38.0 Å². The average Bonchev–Trinajstić information content (AvgIpc) is 2.14. The molecule has 1 aromatic heterocycles. The van der Waals surface area contributed by atoms with Crippen LogP contribution in [0.5, 0.6) is 0 Å². The molecule has 0 fully saturated rings. The molecule has 0 saturated carbocycles. The van der Waals surface area contributed by atoms with Crippen LogP contribution in [0, 0.1) is 19.8 Å². The Hall–Kier alpha value is -1.03. The Bertz CT molecular complexity index is 372. The molecule has 0 aliphatic carbocycles. The maximum absolute atomic E-state index is 10.8. The minimum Gasteiger partial charge on any atom is -0.481 e. The number of aryl methyl sites for hydroxylation is 2. The Kier molecular flexibility index (Phi) is 4.35. The third kappa shape index (κ3) is 3.52. The van der Waals surface area contributed by atoms with Gasteiger partial charge in [0.05, 0.1) is 10.9 Å². The zero-order valence-corrected chi connectivity index (χ0v) is 10.8. The molecule has 0 aromatic carbocycles. The lowest BCUT2D eigenvalue weighted by molar-refractivity contribution is -0.140. The summed E-state index contributed by atoms with van der Waals surface area (Å²) in [5.41, 5.74) is 2.13. The summed E-state index contributed by atoms with van der Waals surface area (Å²) < 4.78 is 0. The van der Waals surface area contributed by atoms with Crippen molar-refractivity contribution in [3.63, 3.8) is 0 Å². The van der Waals surface area contributed by atoms with Crippen LogP contribution in [0.2, 0.25) is 0 Å². The van der Waals surface area contributed by atoms with Gasteiger partial charge in [-0.2, -0.15) is 0 Å². The van der Waals surface area contributed by atoms with Crippen molar-refractivity contribution in [1.29, 1.82) is 0 Å². The van der Waals surface area contributed by atoms with E-state index in [1.54, 1.807) is 6.92 Å². The van der Waals surface area contributed by atoms with Gasteiger partial charge in [0.25, 0.3) is 0 Å². The fraction of sp³-hybridized carbons (Fsp3) is 0.500. The Morgan fingerprint density at radius 3 is 2.50 bits per heavy atom. The fourth-order valence-corrected chi connectivity index (χ4v) is 2.51. The lowest BCUT2D eigenvalue weighted by Crippen LogP contribution is -2.20. The van der Waals surface area contributed by atoms with E-state index in [2.05, 4.69) is 4.98 Å². The van der Waals surface area contributed by atoms with Crippen LogP contribution < -0.4 is 0 Å². The molecule has 0 aliphatic rings. The van der Waals surface area contributed by atoms with Gasteiger partial charge in [0.2, 0.25) is 0 Å². The van der Waals surface area contributed by atoms with E-state index in [0.29, 0.717) is 0 Å². The number of carboxylic acid groups (broad SMARTS) is 1. The second-order valence-electron chi connectivity index (χ2n) is 4.07. The first-order valence-corrected chi connectivity index (χ1v) is 6.13. The molecule has 0 spiro atoms. The molecule has 88 valence electrons. The molecule has 0 radical (unpaired) electrons. The zero-order chi connectivity index (χ0) is 12.3. The highest BCUT2D eigenvalue weighted by molar-refractivity contribution is 7.99. The lowest BCUT2D eigenvalue weighted by atomic mass is 10.1. The van der Waals surface area contributed by atoms with Gasteiger partial charge in [0.15, 0.2) is 0 Å². The molecule has 4 heteroatoms. The molecule has 2 unspecified atom stereocenters. The summed E-state index contributed by atoms with van der Waals surface area (Å²) >= 11 is 1.52. The summed E-state index contributed by atoms with van der Waals surface area (Å²) in [6, 6.07) is 4.00. The van der Waals surface area contributed by atoms with Gasteiger partial charge < -0.3 is 5.11 Å². The standard InChI is InChI=1S/C12H17NO2S/c1-7-5-8(2)13-11(6-7)16-10(4)9(3)12(14)15/h5-6,9-10H,1-4H3,(H,14,15). The number of aliphatic carboxylic acids is 1. The number of nitrogens with zero attached hydrogens (tertiary/aromatic N) is 1. The number of aromatic nitrogens is 1. The van der Waals surface area contributed by atoms with E-state index >= 15 is 0 Å². The second-order valence-corrected chi connectivity index (χ2v) is 5.47. The molecule has 1 aromatic rings. The molecule has 2 atom stereocenters. The van der Waals surface area contributed by atoms with Gasteiger partial charge in [-0.05, 0) is 31.5 Å². The van der Waals surface area contributed by atoms with Crippen LogP contribution in [0.3, 0.4) is 0 Å². The zero-order valence-electron chi connectivity index (χ0n) is 10.0. The van der Waals surface area contributed by atoms with E-state index in [-0.39, 0.29) is 11.2 Å². The topological polar surface area (TPSA) is 50.2 Å². The third-order valence-electron chi connectivity index (χ3n) is 2.47. The number of hydrogen-bond acceptors (Lipinski definition) is 3. The number of pyridine rings is 1. The Morgan fingerprint density at radius 1 is 1.38 bits per heavy atom. The normalized spacial score (nSPS) is 14.5. The van der Waals surface area contributed by atoms with Gasteiger partial charge in [0, 0.05) is 10.9 Å².